The fraction of sp³-hybridized carbons (Fsp3) is 0.371. The van der Waals surface area contributed by atoms with Gasteiger partial charge in [-0.05, 0) is 81.3 Å². The zero-order valence-electron chi connectivity index (χ0n) is 24.9. The predicted octanol–water partition coefficient (Wildman–Crippen LogP) is 5.72. The number of unbranched alkanes of at least 4 members (excludes halogenated alkanes) is 1. The summed E-state index contributed by atoms with van der Waals surface area (Å²) >= 11 is 0. The second kappa shape index (κ2) is 12.9. The number of nitrogens with zero attached hydrogens (tertiary/aromatic N) is 1. The number of benzene rings is 3. The van der Waals surface area contributed by atoms with Gasteiger partial charge in [0.25, 0.3) is 0 Å². The third-order valence-corrected chi connectivity index (χ3v) is 7.81. The molecule has 0 bridgehead atoms. The van der Waals surface area contributed by atoms with Crippen LogP contribution in [0.5, 0.6) is 0 Å². The molecule has 3 aromatic carbocycles. The number of rotatable bonds is 10. The number of para-hydroxylation sites is 1. The number of esters is 1. The van der Waals surface area contributed by atoms with Crippen molar-refractivity contribution in [3.05, 3.63) is 95.7 Å². The van der Waals surface area contributed by atoms with Crippen molar-refractivity contribution in [1.29, 1.82) is 0 Å². The largest absolute Gasteiger partial charge is 0.458 e. The quantitative estimate of drug-likeness (QED) is 0.168. The van der Waals surface area contributed by atoms with Crippen LogP contribution in [-0.2, 0) is 33.8 Å². The third-order valence-electron chi connectivity index (χ3n) is 7.81. The van der Waals surface area contributed by atoms with Crippen molar-refractivity contribution >= 4 is 22.8 Å². The van der Waals surface area contributed by atoms with Gasteiger partial charge in [-0.1, -0.05) is 72.8 Å². The van der Waals surface area contributed by atoms with Crippen LogP contribution in [-0.4, -0.2) is 46.0 Å². The molecule has 2 atom stereocenters. The summed E-state index contributed by atoms with van der Waals surface area (Å²) in [5.74, 6) is -0.560. The molecule has 0 fully saturated rings. The van der Waals surface area contributed by atoms with E-state index < -0.39 is 23.7 Å². The number of amides is 1. The van der Waals surface area contributed by atoms with E-state index in [1.54, 1.807) is 0 Å². The highest BCUT2D eigenvalue weighted by Crippen LogP contribution is 2.32. The van der Waals surface area contributed by atoms with Crippen LogP contribution in [0.2, 0.25) is 0 Å². The number of hydrogen-bond donors (Lipinski definition) is 3. The summed E-state index contributed by atoms with van der Waals surface area (Å²) < 4.78 is 5.69. The van der Waals surface area contributed by atoms with E-state index in [4.69, 9.17) is 10.5 Å². The van der Waals surface area contributed by atoms with Crippen molar-refractivity contribution in [2.75, 3.05) is 6.54 Å². The highest BCUT2D eigenvalue weighted by molar-refractivity contribution is 5.90. The number of hydrogen-bond acceptors (Lipinski definition) is 5. The Hall–Kier alpha value is -3.94. The van der Waals surface area contributed by atoms with E-state index in [-0.39, 0.29) is 5.91 Å². The van der Waals surface area contributed by atoms with Crippen molar-refractivity contribution in [2.45, 2.75) is 77.2 Å². The van der Waals surface area contributed by atoms with Gasteiger partial charge in [-0.2, -0.15) is 0 Å². The summed E-state index contributed by atoms with van der Waals surface area (Å²) in [7, 11) is 0. The Morgan fingerprint density at radius 1 is 0.976 bits per heavy atom. The minimum Gasteiger partial charge on any atom is -0.458 e. The number of ether oxygens (including phenoxy) is 1. The maximum Gasteiger partial charge on any atom is 0.329 e. The molecule has 220 valence electrons. The van der Waals surface area contributed by atoms with Crippen molar-refractivity contribution in [3.8, 4) is 11.1 Å². The van der Waals surface area contributed by atoms with Crippen molar-refractivity contribution in [2.24, 2.45) is 5.73 Å². The molecule has 1 aliphatic heterocycles. The molecule has 7 nitrogen and oxygen atoms in total. The number of H-pyrrole nitrogens is 1. The Morgan fingerprint density at radius 2 is 1.67 bits per heavy atom. The highest BCUT2D eigenvalue weighted by atomic mass is 16.6. The fourth-order valence-electron chi connectivity index (χ4n) is 5.73. The van der Waals surface area contributed by atoms with Crippen LogP contribution in [0.1, 0.15) is 56.9 Å². The molecule has 1 amide bonds. The van der Waals surface area contributed by atoms with E-state index in [2.05, 4.69) is 63.7 Å². The SMILES string of the molecule is CC(C)(C)OC(=O)C(CCCCN)NC(=O)C1Cc2c([nH]c3ccccc23)CN1Cc1ccc(-c2ccccc2)cc1. The van der Waals surface area contributed by atoms with Gasteiger partial charge in [0.05, 0.1) is 6.04 Å². The van der Waals surface area contributed by atoms with E-state index in [9.17, 15) is 9.59 Å². The van der Waals surface area contributed by atoms with Gasteiger partial charge in [0.1, 0.15) is 11.6 Å². The lowest BCUT2D eigenvalue weighted by Gasteiger charge is -2.36. The topological polar surface area (TPSA) is 100 Å². The molecular formula is C35H42N4O3. The molecule has 0 saturated carbocycles. The Balaban J connectivity index is 1.40. The Bertz CT molecular complexity index is 1510. The summed E-state index contributed by atoms with van der Waals surface area (Å²) in [6.45, 7) is 7.27. The highest BCUT2D eigenvalue weighted by Gasteiger charge is 2.36. The number of aromatic amines is 1. The van der Waals surface area contributed by atoms with Gasteiger partial charge in [-0.3, -0.25) is 9.69 Å². The Morgan fingerprint density at radius 3 is 2.38 bits per heavy atom. The van der Waals surface area contributed by atoms with Crippen molar-refractivity contribution < 1.29 is 14.3 Å². The first-order valence-corrected chi connectivity index (χ1v) is 14.9. The molecule has 42 heavy (non-hydrogen) atoms. The van der Waals surface area contributed by atoms with Crippen LogP contribution in [0.15, 0.2) is 78.9 Å². The molecule has 0 spiro atoms. The maximum atomic E-state index is 14.0. The molecule has 4 aromatic rings. The molecule has 1 aliphatic rings. The number of nitrogens with one attached hydrogen (secondary N) is 2. The van der Waals surface area contributed by atoms with Crippen molar-refractivity contribution in [3.63, 3.8) is 0 Å². The smallest absolute Gasteiger partial charge is 0.329 e. The molecule has 0 aliphatic carbocycles. The normalized spacial score (nSPS) is 16.1. The van der Waals surface area contributed by atoms with E-state index >= 15 is 0 Å². The van der Waals surface area contributed by atoms with Gasteiger partial charge in [-0.15, -0.1) is 0 Å². The lowest BCUT2D eigenvalue weighted by atomic mass is 9.94. The summed E-state index contributed by atoms with van der Waals surface area (Å²) in [5, 5.41) is 4.22. The number of carbonyl (C=O) groups is 2. The Kier molecular flexibility index (Phi) is 9.09. The van der Waals surface area contributed by atoms with Gasteiger partial charge in [0, 0.05) is 29.7 Å². The van der Waals surface area contributed by atoms with E-state index in [1.807, 2.05) is 51.1 Å². The van der Waals surface area contributed by atoms with Crippen LogP contribution < -0.4 is 11.1 Å². The van der Waals surface area contributed by atoms with Gasteiger partial charge in [0.2, 0.25) is 5.91 Å². The van der Waals surface area contributed by atoms with Gasteiger partial charge in [-0.25, -0.2) is 4.79 Å². The van der Waals surface area contributed by atoms with Crippen molar-refractivity contribution in [1.82, 2.24) is 15.2 Å². The zero-order valence-corrected chi connectivity index (χ0v) is 24.9. The molecule has 2 unspecified atom stereocenters. The van der Waals surface area contributed by atoms with Crippen LogP contribution in [0.3, 0.4) is 0 Å². The van der Waals surface area contributed by atoms with Crippen LogP contribution in [0.4, 0.5) is 0 Å². The van der Waals surface area contributed by atoms with Gasteiger partial charge >= 0.3 is 5.97 Å². The summed E-state index contributed by atoms with van der Waals surface area (Å²) in [5.41, 5.74) is 11.9. The lowest BCUT2D eigenvalue weighted by Crippen LogP contribution is -2.54. The van der Waals surface area contributed by atoms with E-state index in [0.29, 0.717) is 32.5 Å². The van der Waals surface area contributed by atoms with Crippen LogP contribution in [0.25, 0.3) is 22.0 Å². The minimum absolute atomic E-state index is 0.157. The monoisotopic (exact) mass is 566 g/mol. The average molecular weight is 567 g/mol. The summed E-state index contributed by atoms with van der Waals surface area (Å²) in [6.07, 6.45) is 2.55. The Labute approximate surface area is 248 Å². The van der Waals surface area contributed by atoms with E-state index in [0.717, 1.165) is 40.6 Å². The average Bonchev–Trinajstić information content (AvgIpc) is 3.33. The number of carbonyl (C=O) groups excluding carboxylic acids is 2. The first kappa shape index (κ1) is 29.5. The number of fused-ring (bicyclic) bond motifs is 3. The second-order valence-corrected chi connectivity index (χ2v) is 12.2. The maximum absolute atomic E-state index is 14.0. The molecule has 4 N–H and O–H groups in total. The van der Waals surface area contributed by atoms with Crippen LogP contribution in [0, 0.1) is 0 Å². The number of nitrogens with two attached hydrogens (primary N) is 1. The molecule has 0 radical (unpaired) electrons. The molecule has 2 heterocycles. The standard InChI is InChI=1S/C35H42N4O3/c1-35(2,3)42-34(41)30(15-9-10-20-36)38-33(40)32-21-28-27-13-7-8-14-29(27)37-31(28)23-39(32)22-24-16-18-26(19-17-24)25-11-5-4-6-12-25/h4-8,11-14,16-19,30,32,37H,9-10,15,20-23,36H2,1-3H3,(H,38,40). The fourth-order valence-corrected chi connectivity index (χ4v) is 5.73. The number of aromatic nitrogens is 1. The molecule has 1 aromatic heterocycles. The minimum atomic E-state index is -0.723. The third kappa shape index (κ3) is 7.09. The van der Waals surface area contributed by atoms with E-state index in [1.165, 1.54) is 11.1 Å². The van der Waals surface area contributed by atoms with Gasteiger partial charge in [0.15, 0.2) is 0 Å². The molecule has 5 rings (SSSR count). The lowest BCUT2D eigenvalue weighted by molar-refractivity contribution is -0.159. The molecule has 0 saturated heterocycles. The summed E-state index contributed by atoms with van der Waals surface area (Å²) in [6, 6.07) is 25.9. The molecular weight excluding hydrogens is 524 g/mol. The molecule has 7 heteroatoms. The first-order chi connectivity index (χ1) is 20.2. The predicted molar refractivity (Wildman–Crippen MR) is 168 cm³/mol. The van der Waals surface area contributed by atoms with Crippen LogP contribution >= 0.6 is 0 Å². The first-order valence-electron chi connectivity index (χ1n) is 14.9. The zero-order chi connectivity index (χ0) is 29.7. The summed E-state index contributed by atoms with van der Waals surface area (Å²) in [4.78, 5) is 32.9. The second-order valence-electron chi connectivity index (χ2n) is 12.2. The van der Waals surface area contributed by atoms with Gasteiger partial charge < -0.3 is 20.8 Å².